The molecule has 2 heterocycles. The quantitative estimate of drug-likeness (QED) is 0.940. The lowest BCUT2D eigenvalue weighted by atomic mass is 10.2. The predicted molar refractivity (Wildman–Crippen MR) is 67.5 cm³/mol. The third-order valence-corrected chi connectivity index (χ3v) is 4.67. The monoisotopic (exact) mass is 303 g/mol. The number of aliphatic hydroxyl groups excluding tert-OH is 1. The molecule has 0 aromatic carbocycles. The van der Waals surface area contributed by atoms with Crippen LogP contribution in [0.25, 0.3) is 0 Å². The maximum absolute atomic E-state index is 9.95. The molecule has 1 atom stereocenters. The number of hydrogen-bond donors (Lipinski definition) is 1. The summed E-state index contributed by atoms with van der Waals surface area (Å²) in [6.45, 7) is 1.97. The molecule has 2 rings (SSSR count). The highest BCUT2D eigenvalue weighted by Gasteiger charge is 2.12. The van der Waals surface area contributed by atoms with Gasteiger partial charge in [0.15, 0.2) is 0 Å². The molecule has 0 saturated carbocycles. The fourth-order valence-corrected chi connectivity index (χ4v) is 3.49. The zero-order chi connectivity index (χ0) is 10.8. The molecule has 2 aromatic heterocycles. The SMILES string of the molecule is Cc1csc(CC(O)c2ccc(Br)s2)n1. The first-order chi connectivity index (χ1) is 7.15. The second kappa shape index (κ2) is 4.74. The first-order valence-electron chi connectivity index (χ1n) is 4.49. The van der Waals surface area contributed by atoms with Gasteiger partial charge in [-0.2, -0.15) is 0 Å². The Morgan fingerprint density at radius 3 is 2.87 bits per heavy atom. The maximum Gasteiger partial charge on any atom is 0.0957 e. The van der Waals surface area contributed by atoms with Crippen LogP contribution in [0.1, 0.15) is 21.7 Å². The fraction of sp³-hybridized carbons (Fsp3) is 0.300. The van der Waals surface area contributed by atoms with Crippen molar-refractivity contribution in [1.29, 1.82) is 0 Å². The predicted octanol–water partition coefficient (Wildman–Crippen LogP) is 3.55. The third-order valence-electron chi connectivity index (χ3n) is 1.96. The van der Waals surface area contributed by atoms with Gasteiger partial charge in [-0.05, 0) is 35.0 Å². The summed E-state index contributed by atoms with van der Waals surface area (Å²) in [5, 5.41) is 12.9. The van der Waals surface area contributed by atoms with E-state index in [2.05, 4.69) is 20.9 Å². The van der Waals surface area contributed by atoms with Crippen LogP contribution in [0.5, 0.6) is 0 Å². The van der Waals surface area contributed by atoms with Crippen molar-refractivity contribution in [1.82, 2.24) is 4.98 Å². The van der Waals surface area contributed by atoms with Crippen molar-refractivity contribution in [3.8, 4) is 0 Å². The molecule has 5 heteroatoms. The van der Waals surface area contributed by atoms with Gasteiger partial charge in [-0.15, -0.1) is 22.7 Å². The van der Waals surface area contributed by atoms with Gasteiger partial charge in [0.25, 0.3) is 0 Å². The number of hydrogen-bond acceptors (Lipinski definition) is 4. The number of nitrogens with zero attached hydrogens (tertiary/aromatic N) is 1. The van der Waals surface area contributed by atoms with Crippen molar-refractivity contribution in [2.45, 2.75) is 19.4 Å². The highest BCUT2D eigenvalue weighted by Crippen LogP contribution is 2.29. The van der Waals surface area contributed by atoms with Gasteiger partial charge in [0, 0.05) is 22.4 Å². The topological polar surface area (TPSA) is 33.1 Å². The summed E-state index contributed by atoms with van der Waals surface area (Å²) in [5.41, 5.74) is 1.02. The Bertz CT molecular complexity index is 452. The molecular weight excluding hydrogens is 294 g/mol. The number of aliphatic hydroxyl groups is 1. The Hall–Kier alpha value is -0.230. The smallest absolute Gasteiger partial charge is 0.0957 e. The van der Waals surface area contributed by atoms with Crippen molar-refractivity contribution in [2.24, 2.45) is 0 Å². The van der Waals surface area contributed by atoms with Gasteiger partial charge in [0.1, 0.15) is 0 Å². The molecule has 0 saturated heterocycles. The molecule has 80 valence electrons. The highest BCUT2D eigenvalue weighted by molar-refractivity contribution is 9.11. The van der Waals surface area contributed by atoms with E-state index < -0.39 is 6.10 Å². The number of thiophene rings is 1. The minimum absolute atomic E-state index is 0.438. The molecule has 0 radical (unpaired) electrons. The zero-order valence-electron chi connectivity index (χ0n) is 8.11. The van der Waals surface area contributed by atoms with E-state index in [1.807, 2.05) is 24.4 Å². The van der Waals surface area contributed by atoms with Gasteiger partial charge < -0.3 is 5.11 Å². The van der Waals surface area contributed by atoms with E-state index in [4.69, 9.17) is 0 Å². The Balaban J connectivity index is 2.06. The molecule has 1 unspecified atom stereocenters. The molecular formula is C10H10BrNOS2. The third kappa shape index (κ3) is 2.87. The minimum Gasteiger partial charge on any atom is -0.387 e. The Morgan fingerprint density at radius 1 is 1.53 bits per heavy atom. The lowest BCUT2D eigenvalue weighted by Gasteiger charge is -2.04. The van der Waals surface area contributed by atoms with E-state index in [1.54, 1.807) is 22.7 Å². The summed E-state index contributed by atoms with van der Waals surface area (Å²) in [7, 11) is 0. The number of aromatic nitrogens is 1. The van der Waals surface area contributed by atoms with Crippen molar-refractivity contribution in [3.05, 3.63) is 36.9 Å². The maximum atomic E-state index is 9.95. The Morgan fingerprint density at radius 2 is 2.33 bits per heavy atom. The van der Waals surface area contributed by atoms with E-state index in [0.29, 0.717) is 6.42 Å². The summed E-state index contributed by atoms with van der Waals surface area (Å²) >= 11 is 6.55. The van der Waals surface area contributed by atoms with Crippen LogP contribution in [0.4, 0.5) is 0 Å². The van der Waals surface area contributed by atoms with Gasteiger partial charge in [0.2, 0.25) is 0 Å². The summed E-state index contributed by atoms with van der Waals surface area (Å²) in [5.74, 6) is 0. The zero-order valence-corrected chi connectivity index (χ0v) is 11.3. The average Bonchev–Trinajstić information content (AvgIpc) is 2.75. The number of rotatable bonds is 3. The van der Waals surface area contributed by atoms with Crippen LogP contribution in [-0.4, -0.2) is 10.1 Å². The van der Waals surface area contributed by atoms with Crippen LogP contribution >= 0.6 is 38.6 Å². The molecule has 0 bridgehead atoms. The molecule has 0 aliphatic carbocycles. The fourth-order valence-electron chi connectivity index (χ4n) is 1.27. The lowest BCUT2D eigenvalue weighted by molar-refractivity contribution is 0.182. The van der Waals surface area contributed by atoms with Crippen molar-refractivity contribution >= 4 is 38.6 Å². The summed E-state index contributed by atoms with van der Waals surface area (Å²) < 4.78 is 1.05. The van der Waals surface area contributed by atoms with Crippen molar-refractivity contribution < 1.29 is 5.11 Å². The molecule has 1 N–H and O–H groups in total. The normalized spacial score (nSPS) is 13.0. The Labute approximate surface area is 105 Å². The molecule has 0 fully saturated rings. The highest BCUT2D eigenvalue weighted by atomic mass is 79.9. The van der Waals surface area contributed by atoms with Crippen molar-refractivity contribution in [2.75, 3.05) is 0 Å². The molecule has 0 aliphatic rings. The second-order valence-electron chi connectivity index (χ2n) is 3.24. The van der Waals surface area contributed by atoms with Crippen LogP contribution in [-0.2, 0) is 6.42 Å². The molecule has 15 heavy (non-hydrogen) atoms. The Kier molecular flexibility index (Phi) is 3.56. The van der Waals surface area contributed by atoms with Crippen LogP contribution in [0, 0.1) is 6.92 Å². The van der Waals surface area contributed by atoms with Gasteiger partial charge in [-0.3, -0.25) is 0 Å². The number of thiazole rings is 1. The molecule has 2 nitrogen and oxygen atoms in total. The average molecular weight is 304 g/mol. The van der Waals surface area contributed by atoms with Gasteiger partial charge in [-0.1, -0.05) is 0 Å². The van der Waals surface area contributed by atoms with Crippen LogP contribution < -0.4 is 0 Å². The van der Waals surface area contributed by atoms with Gasteiger partial charge in [-0.25, -0.2) is 4.98 Å². The van der Waals surface area contributed by atoms with E-state index >= 15 is 0 Å². The summed E-state index contributed by atoms with van der Waals surface area (Å²) in [4.78, 5) is 5.32. The van der Waals surface area contributed by atoms with Crippen LogP contribution in [0.15, 0.2) is 21.3 Å². The first-order valence-corrected chi connectivity index (χ1v) is 6.98. The van der Waals surface area contributed by atoms with Gasteiger partial charge >= 0.3 is 0 Å². The molecule has 0 spiro atoms. The van der Waals surface area contributed by atoms with Crippen molar-refractivity contribution in [3.63, 3.8) is 0 Å². The largest absolute Gasteiger partial charge is 0.387 e. The summed E-state index contributed by atoms with van der Waals surface area (Å²) in [6, 6.07) is 3.90. The van der Waals surface area contributed by atoms with E-state index in [1.165, 1.54) is 0 Å². The number of aryl methyl sites for hydroxylation is 1. The standard InChI is InChI=1S/C10H10BrNOS2/c1-6-5-14-10(12-6)4-7(13)8-2-3-9(11)15-8/h2-3,5,7,13H,4H2,1H3. The molecule has 2 aromatic rings. The second-order valence-corrected chi connectivity index (χ2v) is 6.68. The number of halogens is 1. The summed E-state index contributed by atoms with van der Waals surface area (Å²) in [6.07, 6.45) is 0.165. The first kappa shape index (κ1) is 11.3. The van der Waals surface area contributed by atoms with E-state index in [0.717, 1.165) is 19.4 Å². The van der Waals surface area contributed by atoms with Gasteiger partial charge in [0.05, 0.1) is 14.9 Å². The van der Waals surface area contributed by atoms with Crippen LogP contribution in [0.3, 0.4) is 0 Å². The molecule has 0 amide bonds. The van der Waals surface area contributed by atoms with E-state index in [-0.39, 0.29) is 0 Å². The molecule has 0 aliphatic heterocycles. The van der Waals surface area contributed by atoms with Crippen LogP contribution in [0.2, 0.25) is 0 Å². The lowest BCUT2D eigenvalue weighted by Crippen LogP contribution is -1.98. The minimum atomic E-state index is -0.438. The van der Waals surface area contributed by atoms with E-state index in [9.17, 15) is 5.11 Å².